The van der Waals surface area contributed by atoms with E-state index < -0.39 is 52.7 Å². The molecule has 0 bridgehead atoms. The highest BCUT2D eigenvalue weighted by molar-refractivity contribution is 5.96. The molecular formula is C32H40F3N3O6. The number of carboxylic acids is 1. The fourth-order valence-corrected chi connectivity index (χ4v) is 6.26. The third-order valence-electron chi connectivity index (χ3n) is 8.82. The molecule has 44 heavy (non-hydrogen) atoms. The van der Waals surface area contributed by atoms with Gasteiger partial charge in [-0.05, 0) is 50.7 Å². The number of halogens is 3. The van der Waals surface area contributed by atoms with Crippen molar-refractivity contribution >= 4 is 17.8 Å². The molecule has 12 heteroatoms. The summed E-state index contributed by atoms with van der Waals surface area (Å²) in [6, 6.07) is 7.29. The second-order valence-corrected chi connectivity index (χ2v) is 11.8. The largest absolute Gasteiger partial charge is 0.493 e. The van der Waals surface area contributed by atoms with Crippen LogP contribution in [0.4, 0.5) is 13.2 Å². The summed E-state index contributed by atoms with van der Waals surface area (Å²) in [6.07, 6.45) is 0.115. The first-order chi connectivity index (χ1) is 20.9. The van der Waals surface area contributed by atoms with Gasteiger partial charge in [0.25, 0.3) is 5.91 Å². The van der Waals surface area contributed by atoms with Gasteiger partial charge in [0.2, 0.25) is 5.91 Å². The van der Waals surface area contributed by atoms with Crippen molar-refractivity contribution in [3.05, 3.63) is 59.4 Å². The second kappa shape index (κ2) is 14.0. The van der Waals surface area contributed by atoms with Gasteiger partial charge in [0.15, 0.2) is 0 Å². The average molecular weight is 620 g/mol. The van der Waals surface area contributed by atoms with Crippen LogP contribution in [0.25, 0.3) is 0 Å². The van der Waals surface area contributed by atoms with Gasteiger partial charge in [-0.2, -0.15) is 13.2 Å². The van der Waals surface area contributed by atoms with Gasteiger partial charge >= 0.3 is 12.1 Å². The molecule has 2 aliphatic rings. The number of ether oxygens (including phenoxy) is 1. The molecule has 2 fully saturated rings. The molecule has 3 heterocycles. The van der Waals surface area contributed by atoms with Gasteiger partial charge in [-0.1, -0.05) is 38.5 Å². The average Bonchev–Trinajstić information content (AvgIpc) is 3.00. The Morgan fingerprint density at radius 1 is 1.14 bits per heavy atom. The van der Waals surface area contributed by atoms with E-state index in [1.807, 2.05) is 6.92 Å². The van der Waals surface area contributed by atoms with Crippen LogP contribution in [0.5, 0.6) is 5.75 Å². The van der Waals surface area contributed by atoms with E-state index >= 15 is 0 Å². The smallest absolute Gasteiger partial charge is 0.417 e. The first-order valence-corrected chi connectivity index (χ1v) is 15.2. The highest BCUT2D eigenvalue weighted by atomic mass is 19.4. The number of nitrogens with zero attached hydrogens (tertiary/aromatic N) is 3. The standard InChI is InChI=1S/C32H40F3N3O6/c1-3-7-26-22(8-6-16-38(26)29(40)23-20-36-15-11-24(23)32(33,34)35)28(39)37-17-13-31(43,14-18-37)25-9-4-5-10-27(25)44-19-12-21(2)30(41)42/h4-5,9-11,15,20-22,26,43H,3,6-8,12-14,16-19H2,1-2H3,(H,41,42). The lowest BCUT2D eigenvalue weighted by molar-refractivity contribution is -0.144. The van der Waals surface area contributed by atoms with E-state index in [9.17, 15) is 32.7 Å². The van der Waals surface area contributed by atoms with Crippen molar-refractivity contribution in [3.8, 4) is 5.75 Å². The zero-order valence-corrected chi connectivity index (χ0v) is 25.1. The molecule has 1 aromatic carbocycles. The summed E-state index contributed by atoms with van der Waals surface area (Å²) in [7, 11) is 0. The zero-order chi connectivity index (χ0) is 32.1. The lowest BCUT2D eigenvalue weighted by Crippen LogP contribution is -2.55. The number of carboxylic acid groups (broad SMARTS) is 1. The minimum absolute atomic E-state index is 0.169. The first-order valence-electron chi connectivity index (χ1n) is 15.2. The number of hydrogen-bond acceptors (Lipinski definition) is 6. The molecule has 2 saturated heterocycles. The van der Waals surface area contributed by atoms with Crippen molar-refractivity contribution in [2.24, 2.45) is 11.8 Å². The van der Waals surface area contributed by atoms with Gasteiger partial charge in [-0.15, -0.1) is 0 Å². The van der Waals surface area contributed by atoms with E-state index in [2.05, 4.69) is 4.98 Å². The van der Waals surface area contributed by atoms with Gasteiger partial charge in [0.05, 0.1) is 35.2 Å². The van der Waals surface area contributed by atoms with Crippen molar-refractivity contribution in [1.82, 2.24) is 14.8 Å². The summed E-state index contributed by atoms with van der Waals surface area (Å²) in [5.41, 5.74) is -2.25. The topological polar surface area (TPSA) is 120 Å². The maximum Gasteiger partial charge on any atom is 0.417 e. The molecule has 4 rings (SSSR count). The number of carbonyl (C=O) groups excluding carboxylic acids is 2. The van der Waals surface area contributed by atoms with E-state index in [1.165, 1.54) is 4.90 Å². The zero-order valence-electron chi connectivity index (χ0n) is 25.1. The predicted octanol–water partition coefficient (Wildman–Crippen LogP) is 5.12. The third-order valence-corrected chi connectivity index (χ3v) is 8.82. The maximum atomic E-state index is 13.9. The minimum Gasteiger partial charge on any atom is -0.493 e. The van der Waals surface area contributed by atoms with Gasteiger partial charge in [-0.25, -0.2) is 0 Å². The van der Waals surface area contributed by atoms with Gasteiger partial charge in [0.1, 0.15) is 5.75 Å². The van der Waals surface area contributed by atoms with Crippen molar-refractivity contribution in [2.75, 3.05) is 26.2 Å². The lowest BCUT2D eigenvalue weighted by Gasteiger charge is -2.45. The number of hydrogen-bond donors (Lipinski definition) is 2. The van der Waals surface area contributed by atoms with Crippen LogP contribution in [0.3, 0.4) is 0 Å². The Morgan fingerprint density at radius 3 is 2.50 bits per heavy atom. The number of aliphatic hydroxyl groups is 1. The fraction of sp³-hybridized carbons (Fsp3) is 0.562. The Balaban J connectivity index is 1.47. The van der Waals surface area contributed by atoms with Crippen LogP contribution in [-0.4, -0.2) is 75.1 Å². The summed E-state index contributed by atoms with van der Waals surface area (Å²) >= 11 is 0. The number of likely N-dealkylation sites (tertiary alicyclic amines) is 2. The Kier molecular flexibility index (Phi) is 10.5. The van der Waals surface area contributed by atoms with E-state index in [-0.39, 0.29) is 45.0 Å². The van der Waals surface area contributed by atoms with Crippen LogP contribution in [0, 0.1) is 11.8 Å². The molecule has 240 valence electrons. The van der Waals surface area contributed by atoms with Gasteiger partial charge in [0, 0.05) is 43.6 Å². The molecule has 2 amide bonds. The molecule has 3 atom stereocenters. The molecular weight excluding hydrogens is 579 g/mol. The number of pyridine rings is 1. The lowest BCUT2D eigenvalue weighted by atomic mass is 9.81. The summed E-state index contributed by atoms with van der Waals surface area (Å²) in [5, 5.41) is 20.8. The Morgan fingerprint density at radius 2 is 1.84 bits per heavy atom. The second-order valence-electron chi connectivity index (χ2n) is 11.8. The number of aromatic nitrogens is 1. The van der Waals surface area contributed by atoms with E-state index in [1.54, 1.807) is 36.1 Å². The Hall–Kier alpha value is -3.67. The molecule has 2 aromatic rings. The summed E-state index contributed by atoms with van der Waals surface area (Å²) in [4.78, 5) is 45.4. The van der Waals surface area contributed by atoms with Crippen molar-refractivity contribution in [1.29, 1.82) is 0 Å². The summed E-state index contributed by atoms with van der Waals surface area (Å²) in [6.45, 7) is 4.44. The molecule has 3 unspecified atom stereocenters. The quantitative estimate of drug-likeness (QED) is 0.379. The van der Waals surface area contributed by atoms with Crippen LogP contribution in [-0.2, 0) is 21.4 Å². The number of alkyl halides is 3. The normalized spacial score (nSPS) is 21.0. The van der Waals surface area contributed by atoms with Crippen molar-refractivity contribution < 1.29 is 42.5 Å². The molecule has 0 aliphatic carbocycles. The SMILES string of the molecule is CCCC1C(C(=O)N2CCC(O)(c3ccccc3OCCC(C)C(=O)O)CC2)CCCN1C(=O)c1cnccc1C(F)(F)F. The number of aliphatic carboxylic acids is 1. The van der Waals surface area contributed by atoms with Crippen LogP contribution in [0.15, 0.2) is 42.7 Å². The molecule has 2 aliphatic heterocycles. The Bertz CT molecular complexity index is 1330. The number of piperidine rings is 2. The van der Waals surface area contributed by atoms with E-state index in [0.29, 0.717) is 43.4 Å². The molecule has 0 radical (unpaired) electrons. The van der Waals surface area contributed by atoms with Crippen LogP contribution in [0.1, 0.15) is 80.3 Å². The molecule has 2 N–H and O–H groups in total. The highest BCUT2D eigenvalue weighted by Crippen LogP contribution is 2.40. The molecule has 0 saturated carbocycles. The fourth-order valence-electron chi connectivity index (χ4n) is 6.26. The van der Waals surface area contributed by atoms with Crippen LogP contribution >= 0.6 is 0 Å². The third kappa shape index (κ3) is 7.34. The molecule has 0 spiro atoms. The van der Waals surface area contributed by atoms with Crippen molar-refractivity contribution in [3.63, 3.8) is 0 Å². The van der Waals surface area contributed by atoms with Crippen LogP contribution in [0.2, 0.25) is 0 Å². The van der Waals surface area contributed by atoms with Gasteiger partial charge < -0.3 is 24.7 Å². The maximum absolute atomic E-state index is 13.9. The summed E-state index contributed by atoms with van der Waals surface area (Å²) in [5.74, 6) is -2.53. The summed E-state index contributed by atoms with van der Waals surface area (Å²) < 4.78 is 46.9. The van der Waals surface area contributed by atoms with Crippen molar-refractivity contribution in [2.45, 2.75) is 76.6 Å². The first kappa shape index (κ1) is 33.2. The number of amides is 2. The number of rotatable bonds is 10. The predicted molar refractivity (Wildman–Crippen MR) is 155 cm³/mol. The highest BCUT2D eigenvalue weighted by Gasteiger charge is 2.44. The minimum atomic E-state index is -4.72. The van der Waals surface area contributed by atoms with Crippen LogP contribution < -0.4 is 4.74 Å². The molecule has 1 aromatic heterocycles. The van der Waals surface area contributed by atoms with E-state index in [4.69, 9.17) is 9.84 Å². The monoisotopic (exact) mass is 619 g/mol. The number of carbonyl (C=O) groups is 3. The number of benzene rings is 1. The Labute approximate surface area is 255 Å². The molecule has 9 nitrogen and oxygen atoms in total. The number of para-hydroxylation sites is 1. The van der Waals surface area contributed by atoms with E-state index in [0.717, 1.165) is 18.5 Å². The van der Waals surface area contributed by atoms with Gasteiger partial charge in [-0.3, -0.25) is 19.4 Å².